The van der Waals surface area contributed by atoms with Gasteiger partial charge in [-0.25, -0.2) is 0 Å². The summed E-state index contributed by atoms with van der Waals surface area (Å²) in [7, 11) is 1.66. The lowest BCUT2D eigenvalue weighted by molar-refractivity contribution is -0.115. The molecule has 0 unspecified atom stereocenters. The Kier molecular flexibility index (Phi) is 4.83. The SMILES string of the molecule is Cc1noc(C)c1NC(=O)c1cc(NC(=O)Cc2ccccc2)n(C)n1. The zero-order chi connectivity index (χ0) is 18.7. The van der Waals surface area contributed by atoms with Gasteiger partial charge in [0.2, 0.25) is 5.91 Å². The zero-order valence-electron chi connectivity index (χ0n) is 14.7. The third-order valence-corrected chi connectivity index (χ3v) is 3.86. The molecule has 2 N–H and O–H groups in total. The van der Waals surface area contributed by atoms with Gasteiger partial charge in [-0.05, 0) is 19.4 Å². The van der Waals surface area contributed by atoms with Gasteiger partial charge in [0.25, 0.3) is 5.91 Å². The summed E-state index contributed by atoms with van der Waals surface area (Å²) < 4.78 is 6.47. The highest BCUT2D eigenvalue weighted by atomic mass is 16.5. The minimum Gasteiger partial charge on any atom is -0.359 e. The first-order valence-corrected chi connectivity index (χ1v) is 8.06. The standard InChI is InChI=1S/C18H19N5O3/c1-11-17(12(2)26-22-11)20-18(25)14-10-15(23(3)21-14)19-16(24)9-13-7-5-4-6-8-13/h4-8,10H,9H2,1-3H3,(H,19,24)(H,20,25). The van der Waals surface area contributed by atoms with E-state index in [1.165, 1.54) is 10.7 Å². The maximum Gasteiger partial charge on any atom is 0.276 e. The Balaban J connectivity index is 1.68. The molecule has 0 fully saturated rings. The lowest BCUT2D eigenvalue weighted by Gasteiger charge is -2.04. The number of carbonyl (C=O) groups excluding carboxylic acids is 2. The van der Waals surface area contributed by atoms with E-state index in [1.54, 1.807) is 20.9 Å². The van der Waals surface area contributed by atoms with Gasteiger partial charge in [0.05, 0.1) is 6.42 Å². The van der Waals surface area contributed by atoms with Crippen LogP contribution in [0.2, 0.25) is 0 Å². The van der Waals surface area contributed by atoms with Crippen LogP contribution in [-0.4, -0.2) is 26.8 Å². The van der Waals surface area contributed by atoms with E-state index in [9.17, 15) is 9.59 Å². The van der Waals surface area contributed by atoms with Gasteiger partial charge in [-0.2, -0.15) is 5.10 Å². The van der Waals surface area contributed by atoms with Crippen molar-refractivity contribution in [3.05, 3.63) is 59.1 Å². The molecule has 0 bridgehead atoms. The molecule has 1 aromatic carbocycles. The van der Waals surface area contributed by atoms with E-state index >= 15 is 0 Å². The van der Waals surface area contributed by atoms with Gasteiger partial charge < -0.3 is 15.2 Å². The summed E-state index contributed by atoms with van der Waals surface area (Å²) in [6.45, 7) is 3.45. The number of benzene rings is 1. The molecular weight excluding hydrogens is 334 g/mol. The third-order valence-electron chi connectivity index (χ3n) is 3.86. The molecule has 134 valence electrons. The van der Waals surface area contributed by atoms with Gasteiger partial charge in [0.1, 0.15) is 17.2 Å². The Morgan fingerprint density at radius 2 is 1.88 bits per heavy atom. The average Bonchev–Trinajstić information content (AvgIpc) is 3.13. The van der Waals surface area contributed by atoms with Crippen LogP contribution < -0.4 is 10.6 Å². The second-order valence-electron chi connectivity index (χ2n) is 5.90. The fraction of sp³-hybridized carbons (Fsp3) is 0.222. The highest BCUT2D eigenvalue weighted by molar-refractivity contribution is 6.04. The summed E-state index contributed by atoms with van der Waals surface area (Å²) in [6, 6.07) is 10.9. The Bertz CT molecular complexity index is 924. The number of amides is 2. The van der Waals surface area contributed by atoms with Crippen molar-refractivity contribution in [1.29, 1.82) is 0 Å². The van der Waals surface area contributed by atoms with Gasteiger partial charge in [-0.15, -0.1) is 0 Å². The van der Waals surface area contributed by atoms with E-state index in [0.29, 0.717) is 23.0 Å². The van der Waals surface area contributed by atoms with E-state index in [2.05, 4.69) is 20.9 Å². The molecule has 0 spiro atoms. The Morgan fingerprint density at radius 1 is 1.15 bits per heavy atom. The monoisotopic (exact) mass is 353 g/mol. The first kappa shape index (κ1) is 17.4. The number of rotatable bonds is 5. The van der Waals surface area contributed by atoms with E-state index in [4.69, 9.17) is 4.52 Å². The third kappa shape index (κ3) is 3.80. The number of aromatic nitrogens is 3. The summed E-state index contributed by atoms with van der Waals surface area (Å²) in [5.41, 5.74) is 2.20. The average molecular weight is 353 g/mol. The number of nitrogens with one attached hydrogen (secondary N) is 2. The smallest absolute Gasteiger partial charge is 0.276 e. The van der Waals surface area contributed by atoms with Crippen molar-refractivity contribution < 1.29 is 14.1 Å². The predicted molar refractivity (Wildman–Crippen MR) is 95.9 cm³/mol. The maximum absolute atomic E-state index is 12.4. The van der Waals surface area contributed by atoms with E-state index in [1.807, 2.05) is 30.3 Å². The van der Waals surface area contributed by atoms with Crippen LogP contribution in [0, 0.1) is 13.8 Å². The molecule has 8 nitrogen and oxygen atoms in total. The summed E-state index contributed by atoms with van der Waals surface area (Å²) in [5, 5.41) is 13.4. The second kappa shape index (κ2) is 7.22. The molecule has 3 aromatic rings. The van der Waals surface area contributed by atoms with Crippen LogP contribution in [0.5, 0.6) is 0 Å². The maximum atomic E-state index is 12.4. The van der Waals surface area contributed by atoms with Crippen LogP contribution in [0.15, 0.2) is 40.9 Å². The predicted octanol–water partition coefficient (Wildman–Crippen LogP) is 2.46. The van der Waals surface area contributed by atoms with E-state index in [0.717, 1.165) is 5.56 Å². The highest BCUT2D eigenvalue weighted by Gasteiger charge is 2.18. The molecule has 0 saturated carbocycles. The Hall–Kier alpha value is -3.42. The molecule has 0 aliphatic carbocycles. The van der Waals surface area contributed by atoms with Gasteiger partial charge >= 0.3 is 0 Å². The number of hydrogen-bond acceptors (Lipinski definition) is 5. The number of anilines is 2. The minimum atomic E-state index is -0.404. The Labute approximate surface area is 150 Å². The van der Waals surface area contributed by atoms with Crippen LogP contribution in [0.3, 0.4) is 0 Å². The van der Waals surface area contributed by atoms with Crippen LogP contribution in [0.1, 0.15) is 27.5 Å². The highest BCUT2D eigenvalue weighted by Crippen LogP contribution is 2.20. The fourth-order valence-corrected chi connectivity index (χ4v) is 2.50. The van der Waals surface area contributed by atoms with Crippen LogP contribution in [-0.2, 0) is 18.3 Å². The Morgan fingerprint density at radius 3 is 2.54 bits per heavy atom. The lowest BCUT2D eigenvalue weighted by Crippen LogP contribution is -2.16. The van der Waals surface area contributed by atoms with Gasteiger partial charge in [-0.3, -0.25) is 14.3 Å². The molecule has 26 heavy (non-hydrogen) atoms. The first-order valence-electron chi connectivity index (χ1n) is 8.06. The molecule has 2 amide bonds. The number of nitrogens with zero attached hydrogens (tertiary/aromatic N) is 3. The van der Waals surface area contributed by atoms with Crippen molar-refractivity contribution in [2.24, 2.45) is 7.05 Å². The number of aryl methyl sites for hydroxylation is 3. The molecule has 3 rings (SSSR count). The molecule has 0 radical (unpaired) electrons. The molecule has 0 atom stereocenters. The summed E-state index contributed by atoms with van der Waals surface area (Å²) in [6.07, 6.45) is 0.243. The van der Waals surface area contributed by atoms with Crippen molar-refractivity contribution >= 4 is 23.3 Å². The second-order valence-corrected chi connectivity index (χ2v) is 5.90. The minimum absolute atomic E-state index is 0.183. The largest absolute Gasteiger partial charge is 0.359 e. The van der Waals surface area contributed by atoms with Crippen molar-refractivity contribution in [3.8, 4) is 0 Å². The van der Waals surface area contributed by atoms with Crippen molar-refractivity contribution in [3.63, 3.8) is 0 Å². The molecule has 8 heteroatoms. The molecule has 0 aliphatic rings. The topological polar surface area (TPSA) is 102 Å². The fourth-order valence-electron chi connectivity index (χ4n) is 2.50. The summed E-state index contributed by atoms with van der Waals surface area (Å²) in [4.78, 5) is 24.6. The van der Waals surface area contributed by atoms with Gasteiger partial charge in [0, 0.05) is 13.1 Å². The molecule has 2 heterocycles. The summed E-state index contributed by atoms with van der Waals surface area (Å²) >= 11 is 0. The normalized spacial score (nSPS) is 10.6. The quantitative estimate of drug-likeness (QED) is 0.733. The first-order chi connectivity index (χ1) is 12.4. The van der Waals surface area contributed by atoms with Crippen LogP contribution >= 0.6 is 0 Å². The number of carbonyl (C=O) groups is 2. The van der Waals surface area contributed by atoms with Crippen molar-refractivity contribution in [2.75, 3.05) is 10.6 Å². The summed E-state index contributed by atoms with van der Waals surface area (Å²) in [5.74, 6) is 0.369. The van der Waals surface area contributed by atoms with Crippen molar-refractivity contribution in [1.82, 2.24) is 14.9 Å². The van der Waals surface area contributed by atoms with Crippen molar-refractivity contribution in [2.45, 2.75) is 20.3 Å². The molecular formula is C18H19N5O3. The number of hydrogen-bond donors (Lipinski definition) is 2. The van der Waals surface area contributed by atoms with Gasteiger partial charge in [-0.1, -0.05) is 35.5 Å². The van der Waals surface area contributed by atoms with E-state index in [-0.39, 0.29) is 18.0 Å². The van der Waals surface area contributed by atoms with Crippen LogP contribution in [0.25, 0.3) is 0 Å². The molecule has 0 aliphatic heterocycles. The van der Waals surface area contributed by atoms with Gasteiger partial charge in [0.15, 0.2) is 11.5 Å². The molecule has 2 aromatic heterocycles. The molecule has 0 saturated heterocycles. The van der Waals surface area contributed by atoms with E-state index < -0.39 is 5.91 Å². The zero-order valence-corrected chi connectivity index (χ0v) is 14.7. The lowest BCUT2D eigenvalue weighted by atomic mass is 10.1. The van der Waals surface area contributed by atoms with Crippen LogP contribution in [0.4, 0.5) is 11.5 Å².